The zero-order valence-electron chi connectivity index (χ0n) is 14.8. The molecule has 2 aromatic carbocycles. The molecule has 0 spiro atoms. The topological polar surface area (TPSA) is 57.9 Å². The number of ketones is 2. The average Bonchev–Trinajstić information content (AvgIpc) is 3.49. The average molecular weight is 363 g/mol. The normalized spacial score (nSPS) is 14.5. The summed E-state index contributed by atoms with van der Waals surface area (Å²) in [5, 5.41) is 9.43. The van der Waals surface area contributed by atoms with Crippen molar-refractivity contribution in [3.63, 3.8) is 0 Å². The number of carbonyl (C=O) groups is 2. The van der Waals surface area contributed by atoms with Crippen LogP contribution in [0, 0.1) is 23.2 Å². The molecule has 0 heterocycles. The minimum Gasteiger partial charge on any atom is -0.297 e. The van der Waals surface area contributed by atoms with Gasteiger partial charge < -0.3 is 0 Å². The van der Waals surface area contributed by atoms with Gasteiger partial charge in [0.1, 0.15) is 0 Å². The first kappa shape index (κ1) is 18.4. The first-order chi connectivity index (χ1) is 12.6. The minimum atomic E-state index is -1.18. The number of nitrogens with zero attached hydrogens (tertiary/aromatic N) is 1. The maximum absolute atomic E-state index is 13.0. The van der Waals surface area contributed by atoms with Crippen LogP contribution in [0.1, 0.15) is 41.3 Å². The highest BCUT2D eigenvalue weighted by atomic mass is 32.2. The lowest BCUT2D eigenvalue weighted by molar-refractivity contribution is -0.121. The molecule has 1 aliphatic carbocycles. The molecular weight excluding hydrogens is 342 g/mol. The number of nitriles is 1. The van der Waals surface area contributed by atoms with Gasteiger partial charge in [0.15, 0.2) is 17.5 Å². The Bertz CT molecular complexity index is 850. The summed E-state index contributed by atoms with van der Waals surface area (Å²) in [6.45, 7) is 2.08. The molecule has 0 aromatic heterocycles. The summed E-state index contributed by atoms with van der Waals surface area (Å²) >= 11 is 1.71. The molecule has 0 bridgehead atoms. The van der Waals surface area contributed by atoms with E-state index in [0.717, 1.165) is 34.6 Å². The SMILES string of the molecule is CCSc1ccc(C(=O)C(C#N)C(=O)C2CC2)c(Cc2ccccc2)c1. The van der Waals surface area contributed by atoms with Crippen LogP contribution >= 0.6 is 11.8 Å². The standard InChI is InChI=1S/C22H21NO2S/c1-2-26-18-10-11-19(17(13-18)12-15-6-4-3-5-7-15)22(25)20(14-23)21(24)16-8-9-16/h3-7,10-11,13,16,20H,2,8-9,12H2,1H3. The van der Waals surface area contributed by atoms with Gasteiger partial charge in [0.2, 0.25) is 0 Å². The highest BCUT2D eigenvalue weighted by Gasteiger charge is 2.39. The van der Waals surface area contributed by atoms with E-state index in [-0.39, 0.29) is 17.5 Å². The van der Waals surface area contributed by atoms with Crippen LogP contribution in [-0.2, 0) is 11.2 Å². The summed E-state index contributed by atoms with van der Waals surface area (Å²) in [5.41, 5.74) is 2.47. The first-order valence-electron chi connectivity index (χ1n) is 8.91. The summed E-state index contributed by atoms with van der Waals surface area (Å²) in [6, 6.07) is 17.6. The Labute approximate surface area is 158 Å². The van der Waals surface area contributed by atoms with Crippen LogP contribution < -0.4 is 0 Å². The summed E-state index contributed by atoms with van der Waals surface area (Å²) < 4.78 is 0. The summed E-state index contributed by atoms with van der Waals surface area (Å²) in [6.07, 6.45) is 2.20. The van der Waals surface area contributed by atoms with E-state index in [1.54, 1.807) is 17.8 Å². The zero-order valence-corrected chi connectivity index (χ0v) is 15.6. The highest BCUT2D eigenvalue weighted by Crippen LogP contribution is 2.34. The van der Waals surface area contributed by atoms with Crippen molar-refractivity contribution in [1.29, 1.82) is 5.26 Å². The molecule has 1 atom stereocenters. The molecule has 3 nitrogen and oxygen atoms in total. The van der Waals surface area contributed by atoms with Gasteiger partial charge in [-0.05, 0) is 54.3 Å². The molecule has 26 heavy (non-hydrogen) atoms. The largest absolute Gasteiger partial charge is 0.297 e. The van der Waals surface area contributed by atoms with Gasteiger partial charge in [0.25, 0.3) is 0 Å². The molecule has 1 aliphatic rings. The molecule has 0 radical (unpaired) electrons. The fraction of sp³-hybridized carbons (Fsp3) is 0.318. The van der Waals surface area contributed by atoms with Crippen LogP contribution in [0.2, 0.25) is 0 Å². The van der Waals surface area contributed by atoms with Crippen LogP contribution in [0.3, 0.4) is 0 Å². The number of rotatable bonds is 8. The van der Waals surface area contributed by atoms with Crippen molar-refractivity contribution >= 4 is 23.3 Å². The maximum atomic E-state index is 13.0. The molecule has 2 aromatic rings. The van der Waals surface area contributed by atoms with E-state index < -0.39 is 5.92 Å². The molecule has 0 amide bonds. The highest BCUT2D eigenvalue weighted by molar-refractivity contribution is 7.99. The van der Waals surface area contributed by atoms with Crippen LogP contribution in [-0.4, -0.2) is 17.3 Å². The predicted octanol–water partition coefficient (Wildman–Crippen LogP) is 4.69. The fourth-order valence-electron chi connectivity index (χ4n) is 3.04. The molecular formula is C22H21NO2S. The Hall–Kier alpha value is -2.38. The third-order valence-corrected chi connectivity index (χ3v) is 5.42. The van der Waals surface area contributed by atoms with Crippen molar-refractivity contribution in [2.75, 3.05) is 5.75 Å². The van der Waals surface area contributed by atoms with E-state index in [4.69, 9.17) is 0 Å². The van der Waals surface area contributed by atoms with Crippen molar-refractivity contribution in [1.82, 2.24) is 0 Å². The Morgan fingerprint density at radius 1 is 1.19 bits per heavy atom. The smallest absolute Gasteiger partial charge is 0.187 e. The molecule has 0 N–H and O–H groups in total. The third kappa shape index (κ3) is 4.23. The second-order valence-electron chi connectivity index (χ2n) is 6.52. The van der Waals surface area contributed by atoms with Crippen molar-refractivity contribution in [2.45, 2.75) is 31.1 Å². The second kappa shape index (κ2) is 8.33. The van der Waals surface area contributed by atoms with Crippen molar-refractivity contribution in [2.24, 2.45) is 11.8 Å². The Kier molecular flexibility index (Phi) is 5.90. The van der Waals surface area contributed by atoms with E-state index in [1.807, 2.05) is 48.5 Å². The van der Waals surface area contributed by atoms with Crippen LogP contribution in [0.5, 0.6) is 0 Å². The Morgan fingerprint density at radius 3 is 2.54 bits per heavy atom. The molecule has 0 saturated heterocycles. The number of thioether (sulfide) groups is 1. The molecule has 132 valence electrons. The van der Waals surface area contributed by atoms with E-state index in [9.17, 15) is 14.9 Å². The molecule has 1 saturated carbocycles. The van der Waals surface area contributed by atoms with Crippen LogP contribution in [0.4, 0.5) is 0 Å². The van der Waals surface area contributed by atoms with Crippen molar-refractivity contribution < 1.29 is 9.59 Å². The fourth-order valence-corrected chi connectivity index (χ4v) is 3.76. The van der Waals surface area contributed by atoms with Crippen LogP contribution in [0.25, 0.3) is 0 Å². The second-order valence-corrected chi connectivity index (χ2v) is 7.85. The molecule has 0 aliphatic heterocycles. The van der Waals surface area contributed by atoms with E-state index >= 15 is 0 Å². The van der Waals surface area contributed by atoms with Gasteiger partial charge in [-0.15, -0.1) is 11.8 Å². The summed E-state index contributed by atoms with van der Waals surface area (Å²) in [5.74, 6) is -0.907. The Balaban J connectivity index is 1.95. The molecule has 1 fully saturated rings. The van der Waals surface area contributed by atoms with Gasteiger partial charge in [-0.2, -0.15) is 5.26 Å². The van der Waals surface area contributed by atoms with Gasteiger partial charge in [-0.25, -0.2) is 0 Å². The summed E-state index contributed by atoms with van der Waals surface area (Å²) in [7, 11) is 0. The Morgan fingerprint density at radius 2 is 1.92 bits per heavy atom. The van der Waals surface area contributed by atoms with E-state index in [2.05, 4.69) is 6.92 Å². The summed E-state index contributed by atoms with van der Waals surface area (Å²) in [4.78, 5) is 26.4. The lowest BCUT2D eigenvalue weighted by Crippen LogP contribution is -2.25. The molecule has 3 rings (SSSR count). The van der Waals surface area contributed by atoms with Crippen LogP contribution in [0.15, 0.2) is 53.4 Å². The van der Waals surface area contributed by atoms with Gasteiger partial charge in [-0.1, -0.05) is 37.3 Å². The number of benzene rings is 2. The van der Waals surface area contributed by atoms with Gasteiger partial charge in [0.05, 0.1) is 6.07 Å². The monoisotopic (exact) mass is 363 g/mol. The zero-order chi connectivity index (χ0) is 18.5. The number of hydrogen-bond acceptors (Lipinski definition) is 4. The van der Waals surface area contributed by atoms with Gasteiger partial charge in [-0.3, -0.25) is 9.59 Å². The lowest BCUT2D eigenvalue weighted by Gasteiger charge is -2.13. The third-order valence-electron chi connectivity index (χ3n) is 4.55. The van der Waals surface area contributed by atoms with Crippen molar-refractivity contribution in [3.8, 4) is 6.07 Å². The molecule has 4 heteroatoms. The number of hydrogen-bond donors (Lipinski definition) is 0. The van der Waals surface area contributed by atoms with Gasteiger partial charge >= 0.3 is 0 Å². The van der Waals surface area contributed by atoms with E-state index in [0.29, 0.717) is 12.0 Å². The molecule has 1 unspecified atom stereocenters. The first-order valence-corrected chi connectivity index (χ1v) is 9.89. The quantitative estimate of drug-likeness (QED) is 0.388. The van der Waals surface area contributed by atoms with Gasteiger partial charge in [0, 0.05) is 16.4 Å². The maximum Gasteiger partial charge on any atom is 0.187 e. The predicted molar refractivity (Wildman–Crippen MR) is 103 cm³/mol. The number of carbonyl (C=O) groups excluding carboxylic acids is 2. The lowest BCUT2D eigenvalue weighted by atomic mass is 9.88. The number of Topliss-reactive ketones (excluding diaryl/α,β-unsaturated/α-hetero) is 2. The van der Waals surface area contributed by atoms with E-state index in [1.165, 1.54) is 0 Å². The minimum absolute atomic E-state index is 0.101. The van der Waals surface area contributed by atoms with Crippen molar-refractivity contribution in [3.05, 3.63) is 65.2 Å².